The molecule has 0 aliphatic heterocycles. The highest BCUT2D eigenvalue weighted by molar-refractivity contribution is 5.96. The zero-order chi connectivity index (χ0) is 19.1. The molecule has 0 aliphatic carbocycles. The first-order chi connectivity index (χ1) is 12.4. The van der Waals surface area contributed by atoms with Crippen LogP contribution in [-0.4, -0.2) is 51.4 Å². The SMILES string of the molecule is CCCN(CC(=O)O)C(=O)c1nn(-c2ccccc2)cc1OCC(C)C. The Morgan fingerprint density at radius 1 is 1.27 bits per heavy atom. The molecule has 0 saturated heterocycles. The number of nitrogens with zero attached hydrogens (tertiary/aromatic N) is 3. The lowest BCUT2D eigenvalue weighted by atomic mass is 10.2. The van der Waals surface area contributed by atoms with Crippen LogP contribution in [-0.2, 0) is 4.79 Å². The second-order valence-corrected chi connectivity index (χ2v) is 6.45. The van der Waals surface area contributed by atoms with Crippen LogP contribution in [0.4, 0.5) is 0 Å². The van der Waals surface area contributed by atoms with Crippen molar-refractivity contribution >= 4 is 11.9 Å². The van der Waals surface area contributed by atoms with E-state index in [9.17, 15) is 9.59 Å². The van der Waals surface area contributed by atoms with Crippen LogP contribution in [0.1, 0.15) is 37.7 Å². The number of amides is 1. The second-order valence-electron chi connectivity index (χ2n) is 6.45. The van der Waals surface area contributed by atoms with Gasteiger partial charge in [0.1, 0.15) is 6.54 Å². The molecule has 1 N–H and O–H groups in total. The van der Waals surface area contributed by atoms with Crippen molar-refractivity contribution in [1.29, 1.82) is 0 Å². The fourth-order valence-corrected chi connectivity index (χ4v) is 2.42. The summed E-state index contributed by atoms with van der Waals surface area (Å²) in [6.07, 6.45) is 2.32. The van der Waals surface area contributed by atoms with Gasteiger partial charge in [-0.05, 0) is 24.5 Å². The van der Waals surface area contributed by atoms with Gasteiger partial charge >= 0.3 is 5.97 Å². The standard InChI is InChI=1S/C19H25N3O4/c1-4-10-21(12-17(23)24)19(25)18-16(26-13-14(2)3)11-22(20-18)15-8-6-5-7-9-15/h5-9,11,14H,4,10,12-13H2,1-3H3,(H,23,24). The van der Waals surface area contributed by atoms with Crippen molar-refractivity contribution in [3.63, 3.8) is 0 Å². The highest BCUT2D eigenvalue weighted by Crippen LogP contribution is 2.22. The first-order valence-corrected chi connectivity index (χ1v) is 8.71. The number of para-hydroxylation sites is 1. The molecule has 1 heterocycles. The molecule has 0 aliphatic rings. The monoisotopic (exact) mass is 359 g/mol. The summed E-state index contributed by atoms with van der Waals surface area (Å²) in [5.41, 5.74) is 0.922. The van der Waals surface area contributed by atoms with Crippen LogP contribution in [0.25, 0.3) is 5.69 Å². The zero-order valence-electron chi connectivity index (χ0n) is 15.4. The maximum atomic E-state index is 12.9. The number of carboxylic acids is 1. The minimum Gasteiger partial charge on any atom is -0.489 e. The van der Waals surface area contributed by atoms with Crippen LogP contribution in [0.2, 0.25) is 0 Å². The molecule has 0 bridgehead atoms. The Bertz CT molecular complexity index is 740. The number of aromatic nitrogens is 2. The van der Waals surface area contributed by atoms with Gasteiger partial charge in [0.2, 0.25) is 0 Å². The van der Waals surface area contributed by atoms with Crippen LogP contribution in [0, 0.1) is 5.92 Å². The molecule has 2 aromatic rings. The van der Waals surface area contributed by atoms with Gasteiger partial charge in [-0.25, -0.2) is 4.68 Å². The fraction of sp³-hybridized carbons (Fsp3) is 0.421. The third kappa shape index (κ3) is 5.08. The summed E-state index contributed by atoms with van der Waals surface area (Å²) in [5.74, 6) is -0.857. The minimum absolute atomic E-state index is 0.129. The van der Waals surface area contributed by atoms with Gasteiger partial charge in [-0.1, -0.05) is 39.0 Å². The van der Waals surface area contributed by atoms with E-state index in [2.05, 4.69) is 5.10 Å². The van der Waals surface area contributed by atoms with Crippen molar-refractivity contribution in [1.82, 2.24) is 14.7 Å². The highest BCUT2D eigenvalue weighted by Gasteiger charge is 2.25. The zero-order valence-corrected chi connectivity index (χ0v) is 15.4. The number of rotatable bonds is 9. The molecule has 0 spiro atoms. The van der Waals surface area contributed by atoms with Crippen LogP contribution >= 0.6 is 0 Å². The first kappa shape index (κ1) is 19.5. The minimum atomic E-state index is -1.06. The number of aliphatic carboxylic acids is 1. The van der Waals surface area contributed by atoms with Gasteiger partial charge in [0.25, 0.3) is 5.91 Å². The van der Waals surface area contributed by atoms with Crippen LogP contribution in [0.15, 0.2) is 36.5 Å². The number of carboxylic acid groups (broad SMARTS) is 1. The summed E-state index contributed by atoms with van der Waals surface area (Å²) in [6, 6.07) is 9.39. The van der Waals surface area contributed by atoms with Crippen molar-refractivity contribution in [3.05, 3.63) is 42.2 Å². The summed E-state index contributed by atoms with van der Waals surface area (Å²) in [5, 5.41) is 13.5. The molecule has 7 nitrogen and oxygen atoms in total. The molecule has 7 heteroatoms. The van der Waals surface area contributed by atoms with Crippen molar-refractivity contribution in [2.24, 2.45) is 5.92 Å². The topological polar surface area (TPSA) is 84.7 Å². The predicted molar refractivity (Wildman–Crippen MR) is 97.7 cm³/mol. The number of carbonyl (C=O) groups is 2. The van der Waals surface area contributed by atoms with Gasteiger partial charge < -0.3 is 14.7 Å². The van der Waals surface area contributed by atoms with Gasteiger partial charge in [0.05, 0.1) is 18.5 Å². The molecular formula is C19H25N3O4. The lowest BCUT2D eigenvalue weighted by Gasteiger charge is -2.19. The molecule has 0 unspecified atom stereocenters. The molecule has 0 atom stereocenters. The lowest BCUT2D eigenvalue weighted by molar-refractivity contribution is -0.137. The summed E-state index contributed by atoms with van der Waals surface area (Å²) in [7, 11) is 0. The van der Waals surface area contributed by atoms with E-state index < -0.39 is 11.9 Å². The molecule has 140 valence electrons. The number of hydrogen-bond donors (Lipinski definition) is 1. The van der Waals surface area contributed by atoms with Gasteiger partial charge in [-0.15, -0.1) is 0 Å². The van der Waals surface area contributed by atoms with Gasteiger partial charge in [-0.3, -0.25) is 9.59 Å². The highest BCUT2D eigenvalue weighted by atomic mass is 16.5. The lowest BCUT2D eigenvalue weighted by Crippen LogP contribution is -2.36. The van der Waals surface area contributed by atoms with E-state index in [1.807, 2.05) is 51.1 Å². The molecule has 0 fully saturated rings. The smallest absolute Gasteiger partial charge is 0.323 e. The Hall–Kier alpha value is -2.83. The van der Waals surface area contributed by atoms with E-state index in [4.69, 9.17) is 9.84 Å². The first-order valence-electron chi connectivity index (χ1n) is 8.71. The Labute approximate surface area is 153 Å². The third-order valence-electron chi connectivity index (χ3n) is 3.58. The second kappa shape index (κ2) is 9.03. The normalized spacial score (nSPS) is 10.8. The maximum Gasteiger partial charge on any atom is 0.323 e. The van der Waals surface area contributed by atoms with Crippen molar-refractivity contribution in [2.45, 2.75) is 27.2 Å². The molecule has 1 aromatic carbocycles. The summed E-state index contributed by atoms with van der Waals surface area (Å²) in [6.45, 7) is 6.32. The molecule has 1 aromatic heterocycles. The van der Waals surface area contributed by atoms with Gasteiger partial charge in [0.15, 0.2) is 11.4 Å². The van der Waals surface area contributed by atoms with Crippen molar-refractivity contribution in [3.8, 4) is 11.4 Å². The van der Waals surface area contributed by atoms with E-state index >= 15 is 0 Å². The van der Waals surface area contributed by atoms with Crippen LogP contribution in [0.5, 0.6) is 5.75 Å². The third-order valence-corrected chi connectivity index (χ3v) is 3.58. The molecule has 0 saturated carbocycles. The quantitative estimate of drug-likeness (QED) is 0.744. The van der Waals surface area contributed by atoms with Crippen molar-refractivity contribution in [2.75, 3.05) is 19.7 Å². The average Bonchev–Trinajstić information content (AvgIpc) is 3.03. The fourth-order valence-electron chi connectivity index (χ4n) is 2.42. The molecule has 2 rings (SSSR count). The average molecular weight is 359 g/mol. The van der Waals surface area contributed by atoms with Gasteiger partial charge in [0, 0.05) is 6.54 Å². The summed E-state index contributed by atoms with van der Waals surface area (Å²) >= 11 is 0. The maximum absolute atomic E-state index is 12.9. The molecule has 0 radical (unpaired) electrons. The largest absolute Gasteiger partial charge is 0.489 e. The van der Waals surface area contributed by atoms with E-state index in [-0.39, 0.29) is 18.2 Å². The predicted octanol–water partition coefficient (Wildman–Crippen LogP) is 2.84. The Morgan fingerprint density at radius 2 is 1.96 bits per heavy atom. The molecular weight excluding hydrogens is 334 g/mol. The number of ether oxygens (including phenoxy) is 1. The Balaban J connectivity index is 2.38. The number of carbonyl (C=O) groups excluding carboxylic acids is 1. The Morgan fingerprint density at radius 3 is 2.54 bits per heavy atom. The summed E-state index contributed by atoms with van der Waals surface area (Å²) < 4.78 is 7.35. The summed E-state index contributed by atoms with van der Waals surface area (Å²) in [4.78, 5) is 25.3. The van der Waals surface area contributed by atoms with Crippen LogP contribution < -0.4 is 4.74 Å². The Kier molecular flexibility index (Phi) is 6.77. The number of hydrogen-bond acceptors (Lipinski definition) is 4. The van der Waals surface area contributed by atoms with Gasteiger partial charge in [-0.2, -0.15) is 5.10 Å². The van der Waals surface area contributed by atoms with E-state index in [1.54, 1.807) is 10.9 Å². The molecule has 1 amide bonds. The number of benzene rings is 1. The van der Waals surface area contributed by atoms with E-state index in [1.165, 1.54) is 4.90 Å². The molecule has 26 heavy (non-hydrogen) atoms. The van der Waals surface area contributed by atoms with E-state index in [0.717, 1.165) is 5.69 Å². The van der Waals surface area contributed by atoms with E-state index in [0.29, 0.717) is 25.3 Å². The van der Waals surface area contributed by atoms with Crippen LogP contribution in [0.3, 0.4) is 0 Å². The van der Waals surface area contributed by atoms with Crippen molar-refractivity contribution < 1.29 is 19.4 Å².